The lowest BCUT2D eigenvalue weighted by atomic mass is 9.90. The summed E-state index contributed by atoms with van der Waals surface area (Å²) in [7, 11) is 0. The van der Waals surface area contributed by atoms with Crippen LogP contribution in [0.15, 0.2) is 241 Å². The van der Waals surface area contributed by atoms with Crippen LogP contribution in [0.1, 0.15) is 0 Å². The van der Waals surface area contributed by atoms with Gasteiger partial charge in [-0.3, -0.25) is 0 Å². The Morgan fingerprint density at radius 1 is 0.262 bits per heavy atom. The fourth-order valence-corrected chi connectivity index (χ4v) is 9.19. The average molecular weight is 830 g/mol. The molecular weight excluding hydrogens is 791 g/mol. The zero-order valence-corrected chi connectivity index (χ0v) is 35.3. The summed E-state index contributed by atoms with van der Waals surface area (Å²) in [6.45, 7) is 0. The third-order valence-corrected chi connectivity index (χ3v) is 12.4. The van der Waals surface area contributed by atoms with Crippen molar-refractivity contribution in [1.29, 1.82) is 0 Å². The van der Waals surface area contributed by atoms with Crippen LogP contribution in [0.2, 0.25) is 0 Å². The van der Waals surface area contributed by atoms with Gasteiger partial charge in [-0.25, -0.2) is 15.0 Å². The molecule has 0 saturated carbocycles. The van der Waals surface area contributed by atoms with E-state index < -0.39 is 0 Å². The Balaban J connectivity index is 1.02. The van der Waals surface area contributed by atoms with Gasteiger partial charge in [0.2, 0.25) is 0 Å². The largest absolute Gasteiger partial charge is 0.455 e. The van der Waals surface area contributed by atoms with Crippen LogP contribution in [0, 0.1) is 0 Å². The van der Waals surface area contributed by atoms with Crippen molar-refractivity contribution in [2.75, 3.05) is 0 Å². The predicted molar refractivity (Wildman–Crippen MR) is 268 cm³/mol. The molecule has 0 bridgehead atoms. The van der Waals surface area contributed by atoms with E-state index in [4.69, 9.17) is 19.4 Å². The second-order valence-electron chi connectivity index (χ2n) is 16.3. The number of hydrogen-bond acceptors (Lipinski definition) is 4. The fourth-order valence-electron chi connectivity index (χ4n) is 9.19. The van der Waals surface area contributed by atoms with E-state index >= 15 is 0 Å². The highest BCUT2D eigenvalue weighted by Crippen LogP contribution is 2.43. The molecule has 10 aromatic carbocycles. The van der Waals surface area contributed by atoms with Crippen molar-refractivity contribution in [2.45, 2.75) is 0 Å². The third-order valence-electron chi connectivity index (χ3n) is 12.4. The molecule has 0 spiro atoms. The molecule has 0 aliphatic rings. The third kappa shape index (κ3) is 7.04. The van der Waals surface area contributed by atoms with Gasteiger partial charge in [-0.15, -0.1) is 0 Å². The molecule has 12 rings (SSSR count). The molecule has 2 aromatic heterocycles. The van der Waals surface area contributed by atoms with Crippen molar-refractivity contribution in [2.24, 2.45) is 0 Å². The Morgan fingerprint density at radius 2 is 0.769 bits per heavy atom. The minimum absolute atomic E-state index is 0.576. The summed E-state index contributed by atoms with van der Waals surface area (Å²) in [5.41, 5.74) is 15.7. The van der Waals surface area contributed by atoms with E-state index in [1.807, 2.05) is 18.2 Å². The van der Waals surface area contributed by atoms with Gasteiger partial charge in [-0.05, 0) is 79.0 Å². The normalized spacial score (nSPS) is 11.4. The fraction of sp³-hybridized carbons (Fsp3) is 0. The lowest BCUT2D eigenvalue weighted by molar-refractivity contribution is 0.670. The zero-order valence-electron chi connectivity index (χ0n) is 35.3. The molecule has 4 nitrogen and oxygen atoms in total. The van der Waals surface area contributed by atoms with Crippen molar-refractivity contribution < 1.29 is 4.42 Å². The minimum atomic E-state index is 0.576. The molecule has 0 aliphatic heterocycles. The van der Waals surface area contributed by atoms with Crippen LogP contribution in [0.5, 0.6) is 0 Å². The first-order chi connectivity index (χ1) is 32.2. The summed E-state index contributed by atoms with van der Waals surface area (Å²) in [6, 6.07) is 82.9. The number of para-hydroxylation sites is 1. The van der Waals surface area contributed by atoms with Gasteiger partial charge in [0.05, 0.1) is 0 Å². The van der Waals surface area contributed by atoms with Gasteiger partial charge in [0.1, 0.15) is 11.2 Å². The van der Waals surface area contributed by atoms with Crippen molar-refractivity contribution in [3.8, 4) is 89.8 Å². The van der Waals surface area contributed by atoms with Crippen LogP contribution in [0.25, 0.3) is 123 Å². The number of nitrogens with zero attached hydrogens (tertiary/aromatic N) is 3. The maximum atomic E-state index is 6.87. The molecule has 65 heavy (non-hydrogen) atoms. The summed E-state index contributed by atoms with van der Waals surface area (Å²) in [5, 5.41) is 4.24. The van der Waals surface area contributed by atoms with E-state index in [9.17, 15) is 0 Å². The highest BCUT2D eigenvalue weighted by Gasteiger charge is 2.21. The highest BCUT2D eigenvalue weighted by molar-refractivity contribution is 6.15. The van der Waals surface area contributed by atoms with E-state index in [0.717, 1.165) is 77.4 Å². The first-order valence-electron chi connectivity index (χ1n) is 21.9. The Labute approximate surface area is 376 Å². The number of fused-ring (bicyclic) bond motifs is 4. The molecule has 0 saturated heterocycles. The van der Waals surface area contributed by atoms with Crippen molar-refractivity contribution in [3.63, 3.8) is 0 Å². The number of rotatable bonds is 8. The molecule has 4 heteroatoms. The number of aromatic nitrogens is 3. The number of hydrogen-bond donors (Lipinski definition) is 0. The minimum Gasteiger partial charge on any atom is -0.455 e. The molecular formula is C61H39N3O. The van der Waals surface area contributed by atoms with Crippen LogP contribution in [-0.4, -0.2) is 15.0 Å². The molecule has 0 atom stereocenters. The standard InChI is InChI=1S/C61H39N3O/c1-5-16-40(17-6-1)41-30-32-45(33-31-41)59-62-60(48-35-37-51-46(38-48)24-13-25-49(51)42-18-7-2-8-19-42)64-61(63-59)54-28-15-29-56-57(54)53-27-14-26-52(58(53)65-56)47-34-36-50(43-20-9-3-10-21-43)55(39-47)44-22-11-4-12-23-44/h1-39H. The molecule has 0 radical (unpaired) electrons. The summed E-state index contributed by atoms with van der Waals surface area (Å²) < 4.78 is 6.87. The number of benzene rings is 10. The van der Waals surface area contributed by atoms with Crippen LogP contribution in [-0.2, 0) is 0 Å². The van der Waals surface area contributed by atoms with Crippen LogP contribution < -0.4 is 0 Å². The van der Waals surface area contributed by atoms with Crippen molar-refractivity contribution in [3.05, 3.63) is 237 Å². The van der Waals surface area contributed by atoms with Crippen molar-refractivity contribution >= 4 is 32.7 Å². The van der Waals surface area contributed by atoms with Gasteiger partial charge in [0.15, 0.2) is 17.5 Å². The van der Waals surface area contributed by atoms with E-state index in [2.05, 4.69) is 218 Å². The molecule has 0 aliphatic carbocycles. The maximum absolute atomic E-state index is 6.87. The molecule has 2 heterocycles. The van der Waals surface area contributed by atoms with Crippen LogP contribution in [0.4, 0.5) is 0 Å². The molecule has 12 aromatic rings. The van der Waals surface area contributed by atoms with Gasteiger partial charge in [0, 0.05) is 33.0 Å². The first-order valence-corrected chi connectivity index (χ1v) is 21.9. The topological polar surface area (TPSA) is 51.8 Å². The summed E-state index contributed by atoms with van der Waals surface area (Å²) in [5.74, 6) is 1.77. The van der Waals surface area contributed by atoms with Gasteiger partial charge in [-0.2, -0.15) is 0 Å². The van der Waals surface area contributed by atoms with Gasteiger partial charge in [-0.1, -0.05) is 218 Å². The Hall–Kier alpha value is -8.73. The van der Waals surface area contributed by atoms with E-state index in [-0.39, 0.29) is 0 Å². The van der Waals surface area contributed by atoms with Gasteiger partial charge >= 0.3 is 0 Å². The average Bonchev–Trinajstić information content (AvgIpc) is 3.78. The zero-order chi connectivity index (χ0) is 43.1. The molecule has 0 N–H and O–H groups in total. The van der Waals surface area contributed by atoms with Crippen LogP contribution >= 0.6 is 0 Å². The monoisotopic (exact) mass is 829 g/mol. The van der Waals surface area contributed by atoms with Crippen molar-refractivity contribution in [1.82, 2.24) is 15.0 Å². The van der Waals surface area contributed by atoms with Gasteiger partial charge < -0.3 is 4.42 Å². The molecule has 0 amide bonds. The Kier molecular flexibility index (Phi) is 9.46. The lowest BCUT2D eigenvalue weighted by Gasteiger charge is -2.13. The smallest absolute Gasteiger partial charge is 0.164 e. The lowest BCUT2D eigenvalue weighted by Crippen LogP contribution is -2.00. The first kappa shape index (κ1) is 38.0. The van der Waals surface area contributed by atoms with E-state index in [1.165, 1.54) is 27.6 Å². The van der Waals surface area contributed by atoms with Gasteiger partial charge in [0.25, 0.3) is 0 Å². The molecule has 0 fully saturated rings. The summed E-state index contributed by atoms with van der Waals surface area (Å²) in [6.07, 6.45) is 0. The second-order valence-corrected chi connectivity index (χ2v) is 16.3. The van der Waals surface area contributed by atoms with Crippen LogP contribution in [0.3, 0.4) is 0 Å². The summed E-state index contributed by atoms with van der Waals surface area (Å²) >= 11 is 0. The predicted octanol–water partition coefficient (Wildman–Crippen LogP) is 16.3. The second kappa shape index (κ2) is 16.2. The quantitative estimate of drug-likeness (QED) is 0.153. The number of furan rings is 1. The molecule has 304 valence electrons. The Bertz CT molecular complexity index is 3680. The SMILES string of the molecule is c1ccc(-c2ccc(-c3nc(-c4ccc5c(-c6ccccc6)cccc5c4)nc(-c4cccc5oc6c(-c7ccc(-c8ccccc8)c(-c8ccccc8)c7)cccc6c45)n3)cc2)cc1. The Morgan fingerprint density at radius 3 is 1.48 bits per heavy atom. The summed E-state index contributed by atoms with van der Waals surface area (Å²) in [4.78, 5) is 15.7. The maximum Gasteiger partial charge on any atom is 0.164 e. The molecule has 0 unspecified atom stereocenters. The van der Waals surface area contributed by atoms with E-state index in [1.54, 1.807) is 0 Å². The highest BCUT2D eigenvalue weighted by atomic mass is 16.3. The van der Waals surface area contributed by atoms with E-state index in [0.29, 0.717) is 17.5 Å².